The Labute approximate surface area is 201 Å². The molecule has 2 heterocycles. The molecule has 2 fully saturated rings. The minimum atomic E-state index is -0.260. The zero-order chi connectivity index (χ0) is 24.0. The molecule has 0 radical (unpaired) electrons. The summed E-state index contributed by atoms with van der Waals surface area (Å²) in [4.78, 5) is 16.7. The number of nitrogens with zero attached hydrogens (tertiary/aromatic N) is 2. The number of benzene rings is 2. The number of likely N-dealkylation sites (tertiary alicyclic amines) is 1. The number of ether oxygens (including phenoxy) is 5. The molecule has 2 aliphatic rings. The number of methoxy groups -OCH3 is 3. The largest absolute Gasteiger partial charge is 0.493 e. The van der Waals surface area contributed by atoms with E-state index in [2.05, 4.69) is 4.90 Å². The van der Waals surface area contributed by atoms with Gasteiger partial charge in [0.1, 0.15) is 6.61 Å². The van der Waals surface area contributed by atoms with Crippen LogP contribution in [0.15, 0.2) is 42.5 Å². The van der Waals surface area contributed by atoms with E-state index >= 15 is 0 Å². The quantitative estimate of drug-likeness (QED) is 0.611. The van der Waals surface area contributed by atoms with E-state index in [1.165, 1.54) is 0 Å². The third-order valence-corrected chi connectivity index (χ3v) is 6.60. The molecular weight excluding hydrogens is 436 g/mol. The molecule has 0 aromatic heterocycles. The second-order valence-electron chi connectivity index (χ2n) is 8.80. The second kappa shape index (κ2) is 11.0. The molecule has 1 amide bonds. The zero-order valence-electron chi connectivity index (χ0n) is 20.2. The normalized spacial score (nSPS) is 17.9. The molecule has 0 atom stereocenters. The van der Waals surface area contributed by atoms with Crippen molar-refractivity contribution in [3.8, 4) is 17.2 Å². The molecule has 2 aliphatic heterocycles. The molecule has 4 rings (SSSR count). The highest BCUT2D eigenvalue weighted by molar-refractivity contribution is 5.67. The third-order valence-electron chi connectivity index (χ3n) is 6.60. The van der Waals surface area contributed by atoms with Gasteiger partial charge in [-0.1, -0.05) is 30.3 Å². The maximum atomic E-state index is 12.5. The van der Waals surface area contributed by atoms with Crippen LogP contribution in [0.5, 0.6) is 17.2 Å². The minimum absolute atomic E-state index is 0.241. The van der Waals surface area contributed by atoms with Crippen molar-refractivity contribution >= 4 is 6.09 Å². The van der Waals surface area contributed by atoms with E-state index in [9.17, 15) is 4.79 Å². The molecule has 8 nitrogen and oxygen atoms in total. The van der Waals surface area contributed by atoms with Gasteiger partial charge in [0.15, 0.2) is 11.5 Å². The Morgan fingerprint density at radius 3 is 2.24 bits per heavy atom. The predicted octanol–water partition coefficient (Wildman–Crippen LogP) is 3.72. The van der Waals surface area contributed by atoms with Gasteiger partial charge in [0.25, 0.3) is 0 Å². The van der Waals surface area contributed by atoms with Crippen molar-refractivity contribution in [2.24, 2.45) is 0 Å². The van der Waals surface area contributed by atoms with Crippen LogP contribution in [0.3, 0.4) is 0 Å². The molecule has 0 bridgehead atoms. The topological polar surface area (TPSA) is 69.7 Å². The van der Waals surface area contributed by atoms with Crippen molar-refractivity contribution in [2.75, 3.05) is 54.1 Å². The molecule has 0 unspecified atom stereocenters. The van der Waals surface area contributed by atoms with Crippen LogP contribution < -0.4 is 14.2 Å². The molecular formula is C26H34N2O6. The lowest BCUT2D eigenvalue weighted by molar-refractivity contribution is -0.135. The summed E-state index contributed by atoms with van der Waals surface area (Å²) in [7, 11) is 4.86. The van der Waals surface area contributed by atoms with Gasteiger partial charge in [0, 0.05) is 32.7 Å². The van der Waals surface area contributed by atoms with Gasteiger partial charge >= 0.3 is 6.09 Å². The van der Waals surface area contributed by atoms with Gasteiger partial charge in [-0.2, -0.15) is 0 Å². The van der Waals surface area contributed by atoms with Gasteiger partial charge in [0.05, 0.1) is 33.5 Å². The van der Waals surface area contributed by atoms with Gasteiger partial charge in [-0.25, -0.2) is 4.79 Å². The van der Waals surface area contributed by atoms with Crippen LogP contribution in [0.4, 0.5) is 4.79 Å². The van der Waals surface area contributed by atoms with E-state index in [-0.39, 0.29) is 11.7 Å². The summed E-state index contributed by atoms with van der Waals surface area (Å²) in [5.74, 6) is 1.91. The van der Waals surface area contributed by atoms with Crippen molar-refractivity contribution in [2.45, 2.75) is 31.6 Å². The standard InChI is InChI=1S/C26H34N2O6/c1-30-22-15-21(16-23(31-2)24(22)32-3)17-27-13-14-34-26(19-27)9-11-28(12-10-26)25(29)33-18-20-7-5-4-6-8-20/h4-8,15-16H,9-14,17-19H2,1-3H3. The Morgan fingerprint density at radius 1 is 0.941 bits per heavy atom. The first-order chi connectivity index (χ1) is 16.6. The Balaban J connectivity index is 1.33. The Kier molecular flexibility index (Phi) is 7.80. The van der Waals surface area contributed by atoms with Crippen LogP contribution in [-0.4, -0.2) is 75.6 Å². The Hall–Kier alpha value is -2.97. The molecule has 0 saturated carbocycles. The van der Waals surface area contributed by atoms with Crippen LogP contribution in [0, 0.1) is 0 Å². The second-order valence-corrected chi connectivity index (χ2v) is 8.80. The number of amides is 1. The number of morpholine rings is 1. The summed E-state index contributed by atoms with van der Waals surface area (Å²) in [5.41, 5.74) is 1.84. The molecule has 0 N–H and O–H groups in total. The van der Waals surface area contributed by atoms with Gasteiger partial charge in [-0.3, -0.25) is 4.90 Å². The molecule has 2 aromatic carbocycles. The average molecular weight is 471 g/mol. The van der Waals surface area contributed by atoms with Crippen molar-refractivity contribution in [1.82, 2.24) is 9.80 Å². The lowest BCUT2D eigenvalue weighted by atomic mass is 9.89. The number of rotatable bonds is 7. The summed E-state index contributed by atoms with van der Waals surface area (Å²) in [5, 5.41) is 0. The molecule has 8 heteroatoms. The van der Waals surface area contributed by atoms with Gasteiger partial charge < -0.3 is 28.6 Å². The highest BCUT2D eigenvalue weighted by Gasteiger charge is 2.41. The molecule has 2 saturated heterocycles. The fourth-order valence-electron chi connectivity index (χ4n) is 4.75. The smallest absolute Gasteiger partial charge is 0.410 e. The van der Waals surface area contributed by atoms with Crippen LogP contribution in [-0.2, 0) is 22.6 Å². The maximum absolute atomic E-state index is 12.5. The number of hydrogen-bond donors (Lipinski definition) is 0. The van der Waals surface area contributed by atoms with E-state index in [0.29, 0.717) is 43.6 Å². The summed E-state index contributed by atoms with van der Waals surface area (Å²) in [6, 6.07) is 13.7. The van der Waals surface area contributed by atoms with E-state index < -0.39 is 0 Å². The minimum Gasteiger partial charge on any atom is -0.493 e. The van der Waals surface area contributed by atoms with E-state index in [4.69, 9.17) is 23.7 Å². The van der Waals surface area contributed by atoms with Gasteiger partial charge in [0.2, 0.25) is 5.75 Å². The van der Waals surface area contributed by atoms with Crippen molar-refractivity contribution < 1.29 is 28.5 Å². The first-order valence-electron chi connectivity index (χ1n) is 11.7. The lowest BCUT2D eigenvalue weighted by Gasteiger charge is -2.47. The van der Waals surface area contributed by atoms with Crippen molar-refractivity contribution in [1.29, 1.82) is 0 Å². The number of hydrogen-bond acceptors (Lipinski definition) is 7. The molecule has 2 aromatic rings. The number of carbonyl (C=O) groups excluding carboxylic acids is 1. The summed E-state index contributed by atoms with van der Waals surface area (Å²) in [6.07, 6.45) is 1.32. The van der Waals surface area contributed by atoms with E-state index in [1.54, 1.807) is 26.2 Å². The fourth-order valence-corrected chi connectivity index (χ4v) is 4.75. The van der Waals surface area contributed by atoms with Crippen LogP contribution in [0.1, 0.15) is 24.0 Å². The highest BCUT2D eigenvalue weighted by atomic mass is 16.6. The van der Waals surface area contributed by atoms with Gasteiger partial charge in [-0.05, 0) is 36.1 Å². The predicted molar refractivity (Wildman–Crippen MR) is 127 cm³/mol. The first-order valence-corrected chi connectivity index (χ1v) is 11.7. The van der Waals surface area contributed by atoms with Crippen LogP contribution >= 0.6 is 0 Å². The Bertz CT molecular complexity index is 934. The number of carbonyl (C=O) groups is 1. The molecule has 0 aliphatic carbocycles. The SMILES string of the molecule is COc1cc(CN2CCOC3(CCN(C(=O)OCc4ccccc4)CC3)C2)cc(OC)c1OC. The van der Waals surface area contributed by atoms with E-state index in [0.717, 1.165) is 43.6 Å². The molecule has 184 valence electrons. The van der Waals surface area contributed by atoms with Crippen LogP contribution in [0.25, 0.3) is 0 Å². The monoisotopic (exact) mass is 470 g/mol. The number of piperidine rings is 1. The van der Waals surface area contributed by atoms with Gasteiger partial charge in [-0.15, -0.1) is 0 Å². The fraction of sp³-hybridized carbons (Fsp3) is 0.500. The highest BCUT2D eigenvalue weighted by Crippen LogP contribution is 2.39. The Morgan fingerprint density at radius 2 is 1.62 bits per heavy atom. The lowest BCUT2D eigenvalue weighted by Crippen LogP contribution is -2.57. The maximum Gasteiger partial charge on any atom is 0.410 e. The van der Waals surface area contributed by atoms with Crippen molar-refractivity contribution in [3.05, 3.63) is 53.6 Å². The average Bonchev–Trinajstić information content (AvgIpc) is 2.87. The summed E-state index contributed by atoms with van der Waals surface area (Å²) >= 11 is 0. The van der Waals surface area contributed by atoms with E-state index in [1.807, 2.05) is 42.5 Å². The van der Waals surface area contributed by atoms with Crippen molar-refractivity contribution in [3.63, 3.8) is 0 Å². The molecule has 34 heavy (non-hydrogen) atoms. The summed E-state index contributed by atoms with van der Waals surface area (Å²) < 4.78 is 28.2. The third kappa shape index (κ3) is 5.56. The summed E-state index contributed by atoms with van der Waals surface area (Å²) in [6.45, 7) is 4.64. The zero-order valence-corrected chi connectivity index (χ0v) is 20.2. The molecule has 1 spiro atoms. The first kappa shape index (κ1) is 24.2. The van der Waals surface area contributed by atoms with Crippen LogP contribution in [0.2, 0.25) is 0 Å².